The Morgan fingerprint density at radius 2 is 2.24 bits per heavy atom. The normalized spacial score (nSPS) is 10.1. The van der Waals surface area contributed by atoms with E-state index in [2.05, 4.69) is 18.0 Å². The number of hydrogen-bond donors (Lipinski definition) is 0. The Bertz CT molecular complexity index is 534. The fraction of sp³-hybridized carbons (Fsp3) is 0.333. The van der Waals surface area contributed by atoms with Crippen LogP contribution in [-0.2, 0) is 39.1 Å². The van der Waals surface area contributed by atoms with Gasteiger partial charge in [-0.1, -0.05) is 19.5 Å². The van der Waals surface area contributed by atoms with Gasteiger partial charge in [0, 0.05) is 53.0 Å². The molecule has 0 aliphatic rings. The molecule has 0 aliphatic heterocycles. The van der Waals surface area contributed by atoms with Crippen LogP contribution in [0.3, 0.4) is 0 Å². The topological polar surface area (TPSA) is 37.6 Å². The summed E-state index contributed by atoms with van der Waals surface area (Å²) < 4.78 is 1.82. The smallest absolute Gasteiger partial charge is 0.273 e. The molecule has 0 spiro atoms. The van der Waals surface area contributed by atoms with Crippen molar-refractivity contribution in [3.63, 3.8) is 0 Å². The van der Waals surface area contributed by atoms with Gasteiger partial charge in [-0.3, -0.25) is 4.79 Å². The minimum atomic E-state index is -0.0817. The largest absolute Gasteiger partial charge is 0.343 e. The number of hydrogen-bond acceptors (Lipinski definition) is 2. The molecule has 0 unspecified atom stereocenters. The van der Waals surface area contributed by atoms with Gasteiger partial charge in [0.1, 0.15) is 5.69 Å². The number of aromatic nitrogens is 2. The zero-order chi connectivity index (χ0) is 11.7. The number of carbonyl (C=O) groups is 1. The second-order valence-electron chi connectivity index (χ2n) is 3.89. The van der Waals surface area contributed by atoms with Crippen molar-refractivity contribution < 1.29 is 37.5 Å². The molecule has 0 fully saturated rings. The summed E-state index contributed by atoms with van der Waals surface area (Å²) in [5.41, 5.74) is 2.36. The molecule has 0 aromatic carbocycles. The Balaban J connectivity index is 0.00000144. The number of carbonyl (C=O) groups excluding carboxylic acids is 1. The Labute approximate surface area is 126 Å². The maximum absolute atomic E-state index is 11.7. The molecule has 2 heterocycles. The zero-order valence-electron chi connectivity index (χ0n) is 10.3. The first-order chi connectivity index (χ1) is 7.61. The van der Waals surface area contributed by atoms with Crippen LogP contribution in [0.4, 0.5) is 0 Å². The number of imidazole rings is 1. The van der Waals surface area contributed by atoms with Gasteiger partial charge >= 0.3 is 0 Å². The maximum Gasteiger partial charge on any atom is 0.273 e. The number of pyridine rings is 1. The van der Waals surface area contributed by atoms with Crippen molar-refractivity contribution in [3.8, 4) is 0 Å². The van der Waals surface area contributed by atoms with Crippen LogP contribution in [0.1, 0.15) is 23.0 Å². The third-order valence-corrected chi connectivity index (χ3v) is 2.46. The van der Waals surface area contributed by atoms with Crippen LogP contribution in [-0.4, -0.2) is 34.3 Å². The average molecular weight is 305 g/mol. The van der Waals surface area contributed by atoms with E-state index in [4.69, 9.17) is 0 Å². The molecule has 2 rings (SSSR count). The van der Waals surface area contributed by atoms with Crippen LogP contribution in [0.15, 0.2) is 18.5 Å². The van der Waals surface area contributed by atoms with Crippen molar-refractivity contribution in [1.82, 2.24) is 14.3 Å². The number of amides is 1. The van der Waals surface area contributed by atoms with E-state index in [0.717, 1.165) is 17.6 Å². The van der Waals surface area contributed by atoms with Gasteiger partial charge in [-0.15, -0.1) is 0 Å². The summed E-state index contributed by atoms with van der Waals surface area (Å²) in [4.78, 5) is 17.5. The van der Waals surface area contributed by atoms with Crippen molar-refractivity contribution in [2.75, 3.05) is 14.1 Å². The summed E-state index contributed by atoms with van der Waals surface area (Å²) >= 11 is 0. The summed E-state index contributed by atoms with van der Waals surface area (Å²) in [6.07, 6.45) is 4.46. The Kier molecular flexibility index (Phi) is 4.84. The molecule has 0 aliphatic carbocycles. The van der Waals surface area contributed by atoms with Crippen LogP contribution in [0, 0.1) is 6.07 Å². The number of nitrogens with zero attached hydrogens (tertiary/aromatic N) is 3. The van der Waals surface area contributed by atoms with Gasteiger partial charge in [0.25, 0.3) is 5.91 Å². The van der Waals surface area contributed by atoms with Crippen LogP contribution >= 0.6 is 0 Å². The molecular formula is C12H14N3OY-. The van der Waals surface area contributed by atoms with Gasteiger partial charge in [0.05, 0.1) is 5.65 Å². The summed E-state index contributed by atoms with van der Waals surface area (Å²) in [7, 11) is 3.44. The molecule has 0 saturated heterocycles. The quantitative estimate of drug-likeness (QED) is 0.787. The Hall–Kier alpha value is -0.736. The van der Waals surface area contributed by atoms with Gasteiger partial charge in [0.15, 0.2) is 0 Å². The van der Waals surface area contributed by atoms with Crippen LogP contribution in [0.2, 0.25) is 0 Å². The van der Waals surface area contributed by atoms with Crippen molar-refractivity contribution >= 4 is 11.6 Å². The first-order valence-corrected chi connectivity index (χ1v) is 5.22. The second-order valence-corrected chi connectivity index (χ2v) is 3.89. The van der Waals surface area contributed by atoms with E-state index in [1.54, 1.807) is 20.3 Å². The molecule has 0 atom stereocenters. The maximum atomic E-state index is 11.7. The van der Waals surface area contributed by atoms with E-state index >= 15 is 0 Å². The third kappa shape index (κ3) is 2.93. The summed E-state index contributed by atoms with van der Waals surface area (Å²) in [5, 5.41) is 0. The standard InChI is InChI=1S/C12H14N3O.Y/c1-4-9-5-6-15-8-10(12(16)14(2)3)13-11(15)7-9;/h6-8H,4H2,1-3H3;/q-1;. The van der Waals surface area contributed by atoms with Crippen LogP contribution < -0.4 is 0 Å². The van der Waals surface area contributed by atoms with Gasteiger partial charge in [-0.2, -0.15) is 6.07 Å². The zero-order valence-corrected chi connectivity index (χ0v) is 13.1. The van der Waals surface area contributed by atoms with E-state index < -0.39 is 0 Å². The molecule has 17 heavy (non-hydrogen) atoms. The fourth-order valence-corrected chi connectivity index (χ4v) is 1.50. The molecule has 1 radical (unpaired) electrons. The first kappa shape index (κ1) is 14.3. The van der Waals surface area contributed by atoms with Crippen molar-refractivity contribution in [2.45, 2.75) is 13.3 Å². The molecule has 2 aromatic rings. The van der Waals surface area contributed by atoms with E-state index in [1.165, 1.54) is 4.90 Å². The fourth-order valence-electron chi connectivity index (χ4n) is 1.50. The van der Waals surface area contributed by atoms with Crippen molar-refractivity contribution in [1.29, 1.82) is 0 Å². The van der Waals surface area contributed by atoms with Crippen molar-refractivity contribution in [3.05, 3.63) is 35.8 Å². The molecule has 87 valence electrons. The summed E-state index contributed by atoms with van der Waals surface area (Å²) in [6.45, 7) is 2.07. The Morgan fingerprint density at radius 3 is 2.82 bits per heavy atom. The van der Waals surface area contributed by atoms with Gasteiger partial charge in [-0.05, 0) is 0 Å². The predicted octanol–water partition coefficient (Wildman–Crippen LogP) is 1.40. The molecule has 4 nitrogen and oxygen atoms in total. The number of rotatable bonds is 2. The van der Waals surface area contributed by atoms with Gasteiger partial charge in [-0.25, -0.2) is 16.6 Å². The first-order valence-electron chi connectivity index (χ1n) is 5.22. The molecule has 2 aromatic heterocycles. The summed E-state index contributed by atoms with van der Waals surface area (Å²) in [6, 6.07) is 5.09. The minimum absolute atomic E-state index is 0. The average Bonchev–Trinajstić information content (AvgIpc) is 2.69. The predicted molar refractivity (Wildman–Crippen MR) is 61.4 cm³/mol. The van der Waals surface area contributed by atoms with Crippen molar-refractivity contribution in [2.24, 2.45) is 0 Å². The van der Waals surface area contributed by atoms with E-state index in [-0.39, 0.29) is 38.6 Å². The van der Waals surface area contributed by atoms with Gasteiger partial charge in [0.2, 0.25) is 0 Å². The van der Waals surface area contributed by atoms with Crippen LogP contribution in [0.25, 0.3) is 5.65 Å². The minimum Gasteiger partial charge on any atom is -0.343 e. The van der Waals surface area contributed by atoms with E-state index in [1.807, 2.05) is 16.7 Å². The monoisotopic (exact) mass is 305 g/mol. The molecule has 0 saturated carbocycles. The molecule has 1 amide bonds. The molecular weight excluding hydrogens is 291 g/mol. The number of aryl methyl sites for hydroxylation is 1. The second kappa shape index (κ2) is 5.74. The van der Waals surface area contributed by atoms with Crippen LogP contribution in [0.5, 0.6) is 0 Å². The van der Waals surface area contributed by atoms with Gasteiger partial charge < -0.3 is 9.30 Å². The molecule has 0 N–H and O–H groups in total. The third-order valence-electron chi connectivity index (χ3n) is 2.46. The molecule has 0 bridgehead atoms. The Morgan fingerprint density at radius 1 is 1.53 bits per heavy atom. The number of fused-ring (bicyclic) bond motifs is 1. The molecule has 5 heteroatoms. The van der Waals surface area contributed by atoms with E-state index in [9.17, 15) is 4.79 Å². The summed E-state index contributed by atoms with van der Waals surface area (Å²) in [5.74, 6) is -0.0817. The van der Waals surface area contributed by atoms with E-state index in [0.29, 0.717) is 5.69 Å². The SMILES string of the molecule is CCc1[c-]cn2cc(C(=O)N(C)C)nc2c1.[Y].